The van der Waals surface area contributed by atoms with Crippen LogP contribution in [0.3, 0.4) is 0 Å². The van der Waals surface area contributed by atoms with E-state index in [1.807, 2.05) is 50.4 Å². The molecular weight excluding hydrogens is 402 g/mol. The molecule has 8 nitrogen and oxygen atoms in total. The fourth-order valence-corrected chi connectivity index (χ4v) is 3.84. The Morgan fingerprint density at radius 3 is 2.91 bits per heavy atom. The van der Waals surface area contributed by atoms with Gasteiger partial charge in [-0.2, -0.15) is 4.98 Å². The fourth-order valence-electron chi connectivity index (χ4n) is 3.84. The molecule has 4 N–H and O–H groups in total. The number of nitrogens with zero attached hydrogens (tertiary/aromatic N) is 3. The Balaban J connectivity index is 1.26. The monoisotopic (exact) mass is 427 g/mol. The Bertz CT molecular complexity index is 1370. The Labute approximate surface area is 185 Å². The van der Waals surface area contributed by atoms with Crippen molar-refractivity contribution in [2.24, 2.45) is 0 Å². The second-order valence-electron chi connectivity index (χ2n) is 7.55. The molecule has 3 heterocycles. The number of anilines is 3. The third kappa shape index (κ3) is 4.07. The van der Waals surface area contributed by atoms with Crippen molar-refractivity contribution in [3.05, 3.63) is 66.2 Å². The summed E-state index contributed by atoms with van der Waals surface area (Å²) in [5.41, 5.74) is 5.12. The molecule has 0 aliphatic heterocycles. The Morgan fingerprint density at radius 2 is 2.00 bits per heavy atom. The van der Waals surface area contributed by atoms with E-state index in [4.69, 9.17) is 4.74 Å². The lowest BCUT2D eigenvalue weighted by Gasteiger charge is -2.09. The number of H-pyrrole nitrogens is 2. The second-order valence-corrected chi connectivity index (χ2v) is 7.55. The number of nitrogens with one attached hydrogen (secondary N) is 4. The topological polar surface area (TPSA) is 104 Å². The molecule has 0 aliphatic rings. The summed E-state index contributed by atoms with van der Waals surface area (Å²) in [6.45, 7) is 5.30. The molecule has 0 fully saturated rings. The summed E-state index contributed by atoms with van der Waals surface area (Å²) in [5.74, 6) is 3.06. The van der Waals surface area contributed by atoms with Gasteiger partial charge < -0.3 is 25.3 Å². The number of aryl methyl sites for hydroxylation is 1. The van der Waals surface area contributed by atoms with Crippen molar-refractivity contribution in [2.75, 3.05) is 23.8 Å². The molecule has 0 saturated heterocycles. The molecule has 0 saturated carbocycles. The number of benzene rings is 2. The smallest absolute Gasteiger partial charge is 0.224 e. The van der Waals surface area contributed by atoms with Crippen LogP contribution < -0.4 is 15.4 Å². The summed E-state index contributed by atoms with van der Waals surface area (Å²) in [5, 5.41) is 7.86. The van der Waals surface area contributed by atoms with Crippen LogP contribution in [0.25, 0.3) is 21.9 Å². The van der Waals surface area contributed by atoms with E-state index in [-0.39, 0.29) is 0 Å². The Kier molecular flexibility index (Phi) is 5.33. The average Bonchev–Trinajstić information content (AvgIpc) is 3.37. The Hall–Kier alpha value is -4.07. The van der Waals surface area contributed by atoms with Crippen LogP contribution in [0.5, 0.6) is 5.75 Å². The molecule has 0 aliphatic carbocycles. The summed E-state index contributed by atoms with van der Waals surface area (Å²) < 4.78 is 5.64. The van der Waals surface area contributed by atoms with Crippen molar-refractivity contribution in [3.63, 3.8) is 0 Å². The highest BCUT2D eigenvalue weighted by atomic mass is 16.5. The fraction of sp³-hybridized carbons (Fsp3) is 0.208. The van der Waals surface area contributed by atoms with Crippen LogP contribution >= 0.6 is 0 Å². The summed E-state index contributed by atoms with van der Waals surface area (Å²) >= 11 is 0. The lowest BCUT2D eigenvalue weighted by atomic mass is 10.1. The van der Waals surface area contributed by atoms with Crippen molar-refractivity contribution in [3.8, 4) is 5.75 Å². The number of hydrogen-bond donors (Lipinski definition) is 4. The van der Waals surface area contributed by atoms with Crippen molar-refractivity contribution in [1.82, 2.24) is 24.9 Å². The minimum absolute atomic E-state index is 0.579. The summed E-state index contributed by atoms with van der Waals surface area (Å²) in [7, 11) is 0. The first-order valence-electron chi connectivity index (χ1n) is 10.7. The van der Waals surface area contributed by atoms with Crippen LogP contribution in [0.4, 0.5) is 17.5 Å². The third-order valence-corrected chi connectivity index (χ3v) is 5.28. The molecule has 5 rings (SSSR count). The first-order valence-corrected chi connectivity index (χ1v) is 10.7. The molecule has 32 heavy (non-hydrogen) atoms. The van der Waals surface area contributed by atoms with E-state index in [1.54, 1.807) is 6.20 Å². The first kappa shape index (κ1) is 19.9. The number of imidazole rings is 1. The zero-order chi connectivity index (χ0) is 21.9. The highest BCUT2D eigenvalue weighted by Gasteiger charge is 2.08. The van der Waals surface area contributed by atoms with Crippen molar-refractivity contribution < 1.29 is 4.74 Å². The second kappa shape index (κ2) is 8.58. The van der Waals surface area contributed by atoms with Gasteiger partial charge in [0.15, 0.2) is 0 Å². The molecule has 3 aromatic heterocycles. The van der Waals surface area contributed by atoms with E-state index in [2.05, 4.69) is 47.7 Å². The van der Waals surface area contributed by atoms with Crippen LogP contribution in [0, 0.1) is 6.92 Å². The van der Waals surface area contributed by atoms with Crippen molar-refractivity contribution in [1.29, 1.82) is 0 Å². The average molecular weight is 428 g/mol. The van der Waals surface area contributed by atoms with Crippen LogP contribution in [0.1, 0.15) is 18.3 Å². The van der Waals surface area contributed by atoms with E-state index in [0.717, 1.165) is 40.2 Å². The minimum Gasteiger partial charge on any atom is -0.494 e. The maximum Gasteiger partial charge on any atom is 0.224 e. The Morgan fingerprint density at radius 1 is 1.06 bits per heavy atom. The van der Waals surface area contributed by atoms with E-state index >= 15 is 0 Å². The molecule has 0 unspecified atom stereocenters. The van der Waals surface area contributed by atoms with Gasteiger partial charge in [0.25, 0.3) is 0 Å². The number of para-hydroxylation sites is 1. The molecule has 0 bridgehead atoms. The van der Waals surface area contributed by atoms with Crippen LogP contribution in [0.2, 0.25) is 0 Å². The van der Waals surface area contributed by atoms with Gasteiger partial charge in [-0.15, -0.1) is 0 Å². The number of aromatic amines is 2. The van der Waals surface area contributed by atoms with Crippen molar-refractivity contribution in [2.45, 2.75) is 20.3 Å². The number of aromatic nitrogens is 5. The number of fused-ring (bicyclic) bond motifs is 2. The molecule has 5 aromatic rings. The van der Waals surface area contributed by atoms with Gasteiger partial charge >= 0.3 is 0 Å². The first-order chi connectivity index (χ1) is 15.7. The van der Waals surface area contributed by atoms with E-state index in [1.165, 1.54) is 10.9 Å². The standard InChI is InChI=1S/C24H25N7O/c1-3-32-17-7-8-19-18(13-17)16(14-27-19)9-11-25-24-26-12-10-22(31-24)30-21-6-4-5-20-23(21)29-15(2)28-20/h4-8,10,12-14,27H,3,9,11H2,1-2H3,(H,28,29)(H2,25,26,30,31). The zero-order valence-electron chi connectivity index (χ0n) is 18.1. The normalized spacial score (nSPS) is 11.2. The molecule has 8 heteroatoms. The predicted molar refractivity (Wildman–Crippen MR) is 128 cm³/mol. The molecule has 162 valence electrons. The lowest BCUT2D eigenvalue weighted by Crippen LogP contribution is -2.08. The highest BCUT2D eigenvalue weighted by Crippen LogP contribution is 2.25. The molecule has 0 atom stereocenters. The quantitative estimate of drug-likeness (QED) is 0.280. The maximum absolute atomic E-state index is 5.64. The number of rotatable bonds is 8. The van der Waals surface area contributed by atoms with Gasteiger partial charge in [-0.05, 0) is 62.2 Å². The largest absolute Gasteiger partial charge is 0.494 e. The van der Waals surface area contributed by atoms with Gasteiger partial charge in [0.05, 0.1) is 17.8 Å². The van der Waals surface area contributed by atoms with Gasteiger partial charge in [-0.3, -0.25) is 0 Å². The molecule has 0 spiro atoms. The van der Waals surface area contributed by atoms with Gasteiger partial charge in [-0.1, -0.05) is 6.07 Å². The molecule has 0 radical (unpaired) electrons. The minimum atomic E-state index is 0.579. The van der Waals surface area contributed by atoms with Crippen molar-refractivity contribution >= 4 is 39.4 Å². The highest BCUT2D eigenvalue weighted by molar-refractivity contribution is 5.90. The van der Waals surface area contributed by atoms with Crippen LogP contribution in [0.15, 0.2) is 54.9 Å². The molecule has 0 amide bonds. The maximum atomic E-state index is 5.64. The van der Waals surface area contributed by atoms with Crippen LogP contribution in [-0.2, 0) is 6.42 Å². The predicted octanol–water partition coefficient (Wildman–Crippen LogP) is 4.94. The van der Waals surface area contributed by atoms with Gasteiger partial charge in [-0.25, -0.2) is 9.97 Å². The lowest BCUT2D eigenvalue weighted by molar-refractivity contribution is 0.340. The summed E-state index contributed by atoms with van der Waals surface area (Å²) in [6, 6.07) is 14.0. The summed E-state index contributed by atoms with van der Waals surface area (Å²) in [6.07, 6.45) is 4.63. The zero-order valence-corrected chi connectivity index (χ0v) is 18.1. The van der Waals surface area contributed by atoms with Gasteiger partial charge in [0.1, 0.15) is 22.9 Å². The molecule has 2 aromatic carbocycles. The van der Waals surface area contributed by atoms with Gasteiger partial charge in [0, 0.05) is 29.8 Å². The number of ether oxygens (including phenoxy) is 1. The number of hydrogen-bond acceptors (Lipinski definition) is 6. The van der Waals surface area contributed by atoms with Crippen LogP contribution in [-0.4, -0.2) is 38.1 Å². The van der Waals surface area contributed by atoms with E-state index < -0.39 is 0 Å². The SMILES string of the molecule is CCOc1ccc2[nH]cc(CCNc3nccc(Nc4cccc5[nH]c(C)nc45)n3)c2c1. The van der Waals surface area contributed by atoms with E-state index in [9.17, 15) is 0 Å². The van der Waals surface area contributed by atoms with E-state index in [0.29, 0.717) is 24.9 Å². The third-order valence-electron chi connectivity index (χ3n) is 5.28. The molecular formula is C24H25N7O. The van der Waals surface area contributed by atoms with Gasteiger partial charge in [0.2, 0.25) is 5.95 Å². The summed E-state index contributed by atoms with van der Waals surface area (Å²) in [4.78, 5) is 20.1.